The minimum absolute atomic E-state index is 0.0140. The highest BCUT2D eigenvalue weighted by molar-refractivity contribution is 7.92. The summed E-state index contributed by atoms with van der Waals surface area (Å²) in [5.74, 6) is -0.248. The van der Waals surface area contributed by atoms with Crippen LogP contribution in [-0.4, -0.2) is 28.6 Å². The molecule has 0 atom stereocenters. The summed E-state index contributed by atoms with van der Waals surface area (Å²) in [4.78, 5) is 8.03. The van der Waals surface area contributed by atoms with Crippen molar-refractivity contribution in [2.24, 2.45) is 0 Å². The van der Waals surface area contributed by atoms with Crippen LogP contribution in [0.4, 0.5) is 30.4 Å². The molecular formula is C28H28F3N5O4S. The van der Waals surface area contributed by atoms with E-state index in [2.05, 4.69) is 20.4 Å². The van der Waals surface area contributed by atoms with Gasteiger partial charge < -0.3 is 14.9 Å². The number of aliphatic hydroxyl groups is 1. The molecule has 0 aliphatic carbocycles. The maximum atomic E-state index is 14.2. The quantitative estimate of drug-likeness (QED) is 0.293. The molecule has 0 spiro atoms. The van der Waals surface area contributed by atoms with Crippen LogP contribution in [0.1, 0.15) is 57.3 Å². The van der Waals surface area contributed by atoms with Gasteiger partial charge in [-0.25, -0.2) is 13.4 Å². The topological polar surface area (TPSA) is 121 Å². The van der Waals surface area contributed by atoms with Gasteiger partial charge in [0.2, 0.25) is 5.82 Å². The van der Waals surface area contributed by atoms with Gasteiger partial charge in [0, 0.05) is 11.1 Å². The van der Waals surface area contributed by atoms with Crippen molar-refractivity contribution in [1.82, 2.24) is 15.1 Å². The number of anilines is 3. The van der Waals surface area contributed by atoms with Crippen LogP contribution in [0, 0.1) is 0 Å². The van der Waals surface area contributed by atoms with E-state index in [1.807, 2.05) is 20.8 Å². The van der Waals surface area contributed by atoms with Gasteiger partial charge in [-0.2, -0.15) is 18.2 Å². The van der Waals surface area contributed by atoms with Crippen molar-refractivity contribution < 1.29 is 31.2 Å². The van der Waals surface area contributed by atoms with Gasteiger partial charge in [-0.15, -0.1) is 0 Å². The Hall–Kier alpha value is -3.97. The second-order valence-electron chi connectivity index (χ2n) is 11.3. The summed E-state index contributed by atoms with van der Waals surface area (Å²) in [6, 6.07) is 13.2. The molecule has 41 heavy (non-hydrogen) atoms. The van der Waals surface area contributed by atoms with E-state index in [9.17, 15) is 26.7 Å². The molecule has 0 radical (unpaired) electrons. The van der Waals surface area contributed by atoms with Crippen molar-refractivity contribution in [3.63, 3.8) is 0 Å². The molecule has 3 heterocycles. The fourth-order valence-corrected chi connectivity index (χ4v) is 5.86. The maximum Gasteiger partial charge on any atom is 0.433 e. The molecule has 216 valence electrons. The minimum atomic E-state index is -4.70. The lowest BCUT2D eigenvalue weighted by molar-refractivity contribution is -0.141. The number of pyridine rings is 1. The SMILES string of the molecule is CC(C)(C)c1ccc(S(=O)(=O)N2Cc3ccc(C(F)(F)F)nc3Nc3cccc(-c4noc(C(C)(C)O)n4)c32)cc1. The Labute approximate surface area is 235 Å². The van der Waals surface area contributed by atoms with E-state index in [0.29, 0.717) is 0 Å². The number of fused-ring (bicyclic) bond motifs is 2. The van der Waals surface area contributed by atoms with Gasteiger partial charge >= 0.3 is 6.18 Å². The van der Waals surface area contributed by atoms with Crippen molar-refractivity contribution in [1.29, 1.82) is 0 Å². The standard InChI is InChI=1S/C28H28F3N5O4S/c1-26(2,3)17-10-12-18(13-11-17)41(38,39)36-15-16-9-14-21(28(29,30)31)33-23(16)32-20-8-6-7-19(22(20)36)24-34-25(40-35-24)27(4,5)37/h6-14,37H,15H2,1-5H3,(H,32,33). The minimum Gasteiger partial charge on any atom is -0.381 e. The van der Waals surface area contributed by atoms with Crippen LogP contribution in [0.3, 0.4) is 0 Å². The average molecular weight is 588 g/mol. The highest BCUT2D eigenvalue weighted by Gasteiger charge is 2.37. The first-order valence-corrected chi connectivity index (χ1v) is 14.1. The average Bonchev–Trinajstić information content (AvgIpc) is 3.31. The molecule has 2 aromatic heterocycles. The number of para-hydroxylation sites is 1. The predicted octanol–water partition coefficient (Wildman–Crippen LogP) is 6.13. The molecule has 0 unspecified atom stereocenters. The van der Waals surface area contributed by atoms with Crippen LogP contribution in [-0.2, 0) is 33.8 Å². The third-order valence-electron chi connectivity index (χ3n) is 6.62. The van der Waals surface area contributed by atoms with Crippen LogP contribution in [0.15, 0.2) is 64.0 Å². The fraction of sp³-hybridized carbons (Fsp3) is 0.321. The third-order valence-corrected chi connectivity index (χ3v) is 8.38. The Kier molecular flexibility index (Phi) is 6.65. The zero-order valence-corrected chi connectivity index (χ0v) is 23.7. The molecule has 1 aliphatic heterocycles. The van der Waals surface area contributed by atoms with E-state index in [1.165, 1.54) is 38.1 Å². The monoisotopic (exact) mass is 587 g/mol. The molecule has 0 amide bonds. The number of benzene rings is 2. The molecule has 1 aliphatic rings. The number of sulfonamides is 1. The summed E-state index contributed by atoms with van der Waals surface area (Å²) in [6.07, 6.45) is -4.70. The van der Waals surface area contributed by atoms with Crippen molar-refractivity contribution in [3.8, 4) is 11.4 Å². The van der Waals surface area contributed by atoms with Gasteiger partial charge in [-0.1, -0.05) is 50.2 Å². The van der Waals surface area contributed by atoms with E-state index in [-0.39, 0.29) is 56.9 Å². The number of hydrogen-bond donors (Lipinski definition) is 2. The van der Waals surface area contributed by atoms with Gasteiger partial charge in [0.15, 0.2) is 0 Å². The lowest BCUT2D eigenvalue weighted by Crippen LogP contribution is -2.31. The highest BCUT2D eigenvalue weighted by Crippen LogP contribution is 2.44. The van der Waals surface area contributed by atoms with E-state index < -0.39 is 27.5 Å². The van der Waals surface area contributed by atoms with Crippen molar-refractivity contribution >= 4 is 27.2 Å². The van der Waals surface area contributed by atoms with Gasteiger partial charge in [0.25, 0.3) is 15.9 Å². The predicted molar refractivity (Wildman–Crippen MR) is 146 cm³/mol. The Balaban J connectivity index is 1.72. The smallest absolute Gasteiger partial charge is 0.381 e. The Morgan fingerprint density at radius 2 is 1.63 bits per heavy atom. The Bertz CT molecular complexity index is 1720. The zero-order valence-electron chi connectivity index (χ0n) is 22.9. The third kappa shape index (κ3) is 5.38. The highest BCUT2D eigenvalue weighted by atomic mass is 32.2. The van der Waals surface area contributed by atoms with Crippen molar-refractivity contribution in [2.45, 2.75) is 63.3 Å². The zero-order chi connectivity index (χ0) is 30.0. The van der Waals surface area contributed by atoms with Gasteiger partial charge in [-0.3, -0.25) is 4.31 Å². The number of rotatable bonds is 4. The molecule has 0 fully saturated rings. The number of alkyl halides is 3. The molecule has 9 nitrogen and oxygen atoms in total. The molecule has 0 bridgehead atoms. The van der Waals surface area contributed by atoms with Gasteiger partial charge in [0.05, 0.1) is 22.8 Å². The van der Waals surface area contributed by atoms with Gasteiger partial charge in [0.1, 0.15) is 17.1 Å². The molecule has 0 saturated heterocycles. The van der Waals surface area contributed by atoms with Crippen LogP contribution in [0.5, 0.6) is 0 Å². The van der Waals surface area contributed by atoms with Crippen LogP contribution in [0.25, 0.3) is 11.4 Å². The first-order valence-electron chi connectivity index (χ1n) is 12.6. The second kappa shape index (κ2) is 9.55. The maximum absolute atomic E-state index is 14.2. The Morgan fingerprint density at radius 3 is 2.22 bits per heavy atom. The first-order chi connectivity index (χ1) is 19.0. The van der Waals surface area contributed by atoms with Crippen molar-refractivity contribution in [2.75, 3.05) is 9.62 Å². The summed E-state index contributed by atoms with van der Waals surface area (Å²) in [6.45, 7) is 8.59. The van der Waals surface area contributed by atoms with Gasteiger partial charge in [-0.05, 0) is 55.2 Å². The summed E-state index contributed by atoms with van der Waals surface area (Å²) in [5.41, 5.74) is -1.19. The molecule has 2 N–H and O–H groups in total. The number of halogens is 3. The fourth-order valence-electron chi connectivity index (χ4n) is 4.38. The molecule has 0 saturated carbocycles. The summed E-state index contributed by atoms with van der Waals surface area (Å²) in [5, 5.41) is 17.2. The second-order valence-corrected chi connectivity index (χ2v) is 13.2. The molecule has 2 aromatic carbocycles. The molecular weight excluding hydrogens is 559 g/mol. The van der Waals surface area contributed by atoms with Crippen LogP contribution >= 0.6 is 0 Å². The van der Waals surface area contributed by atoms with E-state index in [0.717, 1.165) is 15.9 Å². The summed E-state index contributed by atoms with van der Waals surface area (Å²) in [7, 11) is -4.29. The summed E-state index contributed by atoms with van der Waals surface area (Å²) < 4.78 is 75.3. The first kappa shape index (κ1) is 28.6. The largest absolute Gasteiger partial charge is 0.433 e. The molecule has 5 rings (SSSR count). The van der Waals surface area contributed by atoms with E-state index in [4.69, 9.17) is 4.52 Å². The van der Waals surface area contributed by atoms with Crippen LogP contribution in [0.2, 0.25) is 0 Å². The van der Waals surface area contributed by atoms with E-state index >= 15 is 0 Å². The number of nitrogens with zero attached hydrogens (tertiary/aromatic N) is 4. The lowest BCUT2D eigenvalue weighted by atomic mass is 9.87. The summed E-state index contributed by atoms with van der Waals surface area (Å²) >= 11 is 0. The number of nitrogens with one attached hydrogen (secondary N) is 1. The van der Waals surface area contributed by atoms with E-state index in [1.54, 1.807) is 24.3 Å². The number of aromatic nitrogens is 3. The molecule has 13 heteroatoms. The normalized spacial score (nSPS) is 14.2. The Morgan fingerprint density at radius 1 is 0.951 bits per heavy atom. The number of hydrogen-bond acceptors (Lipinski definition) is 8. The lowest BCUT2D eigenvalue weighted by Gasteiger charge is -2.26. The molecule has 4 aromatic rings. The van der Waals surface area contributed by atoms with Crippen molar-refractivity contribution in [3.05, 3.63) is 77.3 Å². The van der Waals surface area contributed by atoms with Crippen LogP contribution < -0.4 is 9.62 Å².